The van der Waals surface area contributed by atoms with Crippen LogP contribution in [0.2, 0.25) is 0 Å². The molecule has 1 aliphatic rings. The first-order chi connectivity index (χ1) is 9.74. The molecule has 3 N–H and O–H groups in total. The van der Waals surface area contributed by atoms with Gasteiger partial charge in [0.25, 0.3) is 0 Å². The van der Waals surface area contributed by atoms with Crippen LogP contribution in [0.15, 0.2) is 24.3 Å². The Morgan fingerprint density at radius 2 is 2.30 bits per heavy atom. The van der Waals surface area contributed by atoms with Crippen LogP contribution in [0.4, 0.5) is 4.79 Å². The van der Waals surface area contributed by atoms with E-state index in [1.807, 2.05) is 12.1 Å². The first kappa shape index (κ1) is 14.8. The van der Waals surface area contributed by atoms with Gasteiger partial charge in [0, 0.05) is 26.2 Å². The monoisotopic (exact) mass is 278 g/mol. The van der Waals surface area contributed by atoms with Crippen LogP contribution in [0.25, 0.3) is 0 Å². The van der Waals surface area contributed by atoms with Crippen molar-refractivity contribution in [1.82, 2.24) is 10.6 Å². The average molecular weight is 278 g/mol. The zero-order chi connectivity index (χ0) is 14.4. The number of nitrogens with one attached hydrogen (secondary N) is 2. The summed E-state index contributed by atoms with van der Waals surface area (Å²) in [6, 6.07) is 7.80. The van der Waals surface area contributed by atoms with Crippen molar-refractivity contribution in [2.45, 2.75) is 24.8 Å². The van der Waals surface area contributed by atoms with E-state index in [9.17, 15) is 4.79 Å². The Morgan fingerprint density at radius 3 is 3.00 bits per heavy atom. The predicted molar refractivity (Wildman–Crippen MR) is 76.8 cm³/mol. The highest BCUT2D eigenvalue weighted by Crippen LogP contribution is 2.33. The smallest absolute Gasteiger partial charge is 0.315 e. The quantitative estimate of drug-likeness (QED) is 0.697. The number of rotatable bonds is 7. The molecule has 0 aromatic heterocycles. The second-order valence-corrected chi connectivity index (χ2v) is 5.12. The summed E-state index contributed by atoms with van der Waals surface area (Å²) in [6.07, 6.45) is 1.62. The van der Waals surface area contributed by atoms with Crippen LogP contribution >= 0.6 is 0 Å². The molecular weight excluding hydrogens is 256 g/mol. The number of amides is 2. The van der Waals surface area contributed by atoms with Crippen molar-refractivity contribution >= 4 is 6.03 Å². The Labute approximate surface area is 119 Å². The Hall–Kier alpha value is -1.59. The molecule has 0 saturated heterocycles. The number of aliphatic hydroxyl groups excluding tert-OH is 1. The molecule has 2 atom stereocenters. The second-order valence-electron chi connectivity index (χ2n) is 5.12. The number of benzene rings is 1. The van der Waals surface area contributed by atoms with Crippen molar-refractivity contribution in [3.05, 3.63) is 35.4 Å². The normalized spacial score (nSPS) is 17.8. The molecule has 0 saturated carbocycles. The van der Waals surface area contributed by atoms with Gasteiger partial charge < -0.3 is 20.5 Å². The van der Waals surface area contributed by atoms with Crippen LogP contribution in [0.5, 0.6) is 0 Å². The Balaban J connectivity index is 1.71. The molecule has 0 aliphatic heterocycles. The number of aliphatic hydroxyl groups is 1. The number of carbonyl (C=O) groups excluding carboxylic acids is 1. The summed E-state index contributed by atoms with van der Waals surface area (Å²) in [5.41, 5.74) is 2.69. The highest BCUT2D eigenvalue weighted by Gasteiger charge is 2.25. The van der Waals surface area contributed by atoms with Crippen LogP contribution in [-0.2, 0) is 11.2 Å². The fourth-order valence-electron chi connectivity index (χ4n) is 2.47. The first-order valence-electron chi connectivity index (χ1n) is 6.96. The number of hydrogen-bond donors (Lipinski definition) is 3. The van der Waals surface area contributed by atoms with E-state index in [0.29, 0.717) is 25.5 Å². The number of fused-ring (bicyclic) bond motifs is 1. The van der Waals surface area contributed by atoms with Crippen LogP contribution in [0.3, 0.4) is 0 Å². The van der Waals surface area contributed by atoms with Gasteiger partial charge in [-0.15, -0.1) is 0 Å². The van der Waals surface area contributed by atoms with Gasteiger partial charge in [-0.1, -0.05) is 24.3 Å². The predicted octanol–water partition coefficient (Wildman–Crippen LogP) is 1.02. The van der Waals surface area contributed by atoms with E-state index in [1.165, 1.54) is 11.1 Å². The average Bonchev–Trinajstić information content (AvgIpc) is 2.44. The summed E-state index contributed by atoms with van der Waals surface area (Å²) in [6.45, 7) is 1.07. The molecule has 5 heteroatoms. The lowest BCUT2D eigenvalue weighted by molar-refractivity contribution is 0.159. The molecular formula is C15H22N2O3. The standard InChI is InChI=1S/C15H22N2O3/c1-20-7-6-13(10-18)17-15(19)16-9-12-8-11-4-2-3-5-14(11)12/h2-5,12-13,18H,6-10H2,1H3,(H2,16,17,19). The van der Waals surface area contributed by atoms with Gasteiger partial charge in [-0.3, -0.25) is 0 Å². The highest BCUT2D eigenvalue weighted by atomic mass is 16.5. The molecule has 1 aromatic rings. The number of carbonyl (C=O) groups is 1. The van der Waals surface area contributed by atoms with E-state index in [4.69, 9.17) is 9.84 Å². The zero-order valence-corrected chi connectivity index (χ0v) is 11.8. The van der Waals surface area contributed by atoms with E-state index in [0.717, 1.165) is 6.42 Å². The maximum Gasteiger partial charge on any atom is 0.315 e. The molecule has 1 aliphatic carbocycles. The number of ether oxygens (including phenoxy) is 1. The maximum absolute atomic E-state index is 11.8. The molecule has 2 unspecified atom stereocenters. The number of methoxy groups -OCH3 is 1. The van der Waals surface area contributed by atoms with Crippen molar-refractivity contribution in [1.29, 1.82) is 0 Å². The molecule has 5 nitrogen and oxygen atoms in total. The Kier molecular flexibility index (Phi) is 5.38. The molecule has 0 radical (unpaired) electrons. The molecule has 0 spiro atoms. The minimum atomic E-state index is -0.261. The molecule has 2 rings (SSSR count). The van der Waals surface area contributed by atoms with Crippen LogP contribution in [-0.4, -0.2) is 44.0 Å². The van der Waals surface area contributed by atoms with Gasteiger partial charge >= 0.3 is 6.03 Å². The zero-order valence-electron chi connectivity index (χ0n) is 11.8. The molecule has 0 fully saturated rings. The van der Waals surface area contributed by atoms with Crippen molar-refractivity contribution in [2.24, 2.45) is 0 Å². The maximum atomic E-state index is 11.8. The van der Waals surface area contributed by atoms with E-state index < -0.39 is 0 Å². The van der Waals surface area contributed by atoms with E-state index >= 15 is 0 Å². The highest BCUT2D eigenvalue weighted by molar-refractivity contribution is 5.74. The van der Waals surface area contributed by atoms with Crippen molar-refractivity contribution < 1.29 is 14.6 Å². The van der Waals surface area contributed by atoms with Gasteiger partial charge in [0.1, 0.15) is 0 Å². The lowest BCUT2D eigenvalue weighted by atomic mass is 9.78. The second kappa shape index (κ2) is 7.26. The van der Waals surface area contributed by atoms with Gasteiger partial charge in [-0.2, -0.15) is 0 Å². The third kappa shape index (κ3) is 3.71. The van der Waals surface area contributed by atoms with Gasteiger partial charge in [-0.05, 0) is 24.0 Å². The topological polar surface area (TPSA) is 70.6 Å². The summed E-state index contributed by atoms with van der Waals surface area (Å²) < 4.78 is 4.94. The largest absolute Gasteiger partial charge is 0.394 e. The molecule has 110 valence electrons. The summed E-state index contributed by atoms with van der Waals surface area (Å²) in [5, 5.41) is 14.8. The molecule has 2 amide bonds. The van der Waals surface area contributed by atoms with Crippen LogP contribution in [0, 0.1) is 0 Å². The van der Waals surface area contributed by atoms with Gasteiger partial charge in [-0.25, -0.2) is 4.79 Å². The lowest BCUT2D eigenvalue weighted by Gasteiger charge is -2.30. The van der Waals surface area contributed by atoms with E-state index in [2.05, 4.69) is 22.8 Å². The number of urea groups is 1. The van der Waals surface area contributed by atoms with Gasteiger partial charge in [0.05, 0.1) is 12.6 Å². The van der Waals surface area contributed by atoms with Gasteiger partial charge in [0.2, 0.25) is 0 Å². The Bertz CT molecular complexity index is 450. The minimum Gasteiger partial charge on any atom is -0.394 e. The molecule has 1 aromatic carbocycles. The van der Waals surface area contributed by atoms with Crippen molar-refractivity contribution in [3.8, 4) is 0 Å². The van der Waals surface area contributed by atoms with Crippen molar-refractivity contribution in [3.63, 3.8) is 0 Å². The third-order valence-electron chi connectivity index (χ3n) is 3.70. The van der Waals surface area contributed by atoms with Gasteiger partial charge in [0.15, 0.2) is 0 Å². The van der Waals surface area contributed by atoms with E-state index in [-0.39, 0.29) is 18.7 Å². The van der Waals surface area contributed by atoms with Crippen LogP contribution in [0.1, 0.15) is 23.5 Å². The minimum absolute atomic E-state index is 0.0803. The summed E-state index contributed by atoms with van der Waals surface area (Å²) in [7, 11) is 1.60. The van der Waals surface area contributed by atoms with Crippen LogP contribution < -0.4 is 10.6 Å². The molecule has 0 bridgehead atoms. The third-order valence-corrected chi connectivity index (χ3v) is 3.70. The fourth-order valence-corrected chi connectivity index (χ4v) is 2.47. The number of hydrogen-bond acceptors (Lipinski definition) is 3. The molecule has 20 heavy (non-hydrogen) atoms. The summed E-state index contributed by atoms with van der Waals surface area (Å²) in [5.74, 6) is 0.406. The molecule has 0 heterocycles. The SMILES string of the molecule is COCCC(CO)NC(=O)NCC1Cc2ccccc21. The first-order valence-corrected chi connectivity index (χ1v) is 6.96. The Morgan fingerprint density at radius 1 is 1.50 bits per heavy atom. The lowest BCUT2D eigenvalue weighted by Crippen LogP contribution is -2.46. The summed E-state index contributed by atoms with van der Waals surface area (Å²) >= 11 is 0. The fraction of sp³-hybridized carbons (Fsp3) is 0.533. The van der Waals surface area contributed by atoms with Crippen molar-refractivity contribution in [2.75, 3.05) is 26.9 Å². The summed E-state index contributed by atoms with van der Waals surface area (Å²) in [4.78, 5) is 11.8. The van der Waals surface area contributed by atoms with E-state index in [1.54, 1.807) is 7.11 Å².